The van der Waals surface area contributed by atoms with Gasteiger partial charge in [0.2, 0.25) is 21.8 Å². The lowest BCUT2D eigenvalue weighted by atomic mass is 9.84. The smallest absolute Gasteiger partial charge is 0.240 e. The predicted molar refractivity (Wildman–Crippen MR) is 102 cm³/mol. The van der Waals surface area contributed by atoms with Gasteiger partial charge in [-0.05, 0) is 36.5 Å². The Balaban J connectivity index is 1.51. The van der Waals surface area contributed by atoms with E-state index in [4.69, 9.17) is 0 Å². The summed E-state index contributed by atoms with van der Waals surface area (Å²) >= 11 is 0. The minimum atomic E-state index is -3.64. The topological polar surface area (TPSA) is 95.6 Å². The number of piperazine rings is 1. The van der Waals surface area contributed by atoms with Gasteiger partial charge in [-0.1, -0.05) is 31.4 Å². The molecule has 2 fully saturated rings. The van der Waals surface area contributed by atoms with Gasteiger partial charge in [0, 0.05) is 26.1 Å². The zero-order valence-electron chi connectivity index (χ0n) is 15.4. The average molecular weight is 394 g/mol. The van der Waals surface area contributed by atoms with Crippen LogP contribution in [-0.2, 0) is 19.6 Å². The molecule has 1 heterocycles. The van der Waals surface area contributed by atoms with E-state index in [0.29, 0.717) is 19.0 Å². The monoisotopic (exact) mass is 393 g/mol. The fourth-order valence-electron chi connectivity index (χ4n) is 3.74. The summed E-state index contributed by atoms with van der Waals surface area (Å²) in [6.07, 6.45) is 6.13. The van der Waals surface area contributed by atoms with Crippen LogP contribution < -0.4 is 10.0 Å². The molecule has 2 aliphatic rings. The first-order valence-electron chi connectivity index (χ1n) is 9.60. The highest BCUT2D eigenvalue weighted by atomic mass is 32.2. The predicted octanol–water partition coefficient (Wildman–Crippen LogP) is 1.36. The molecular weight excluding hydrogens is 366 g/mol. The van der Waals surface area contributed by atoms with E-state index in [9.17, 15) is 18.0 Å². The molecule has 27 heavy (non-hydrogen) atoms. The second-order valence-electron chi connectivity index (χ2n) is 7.22. The number of amides is 2. The lowest BCUT2D eigenvalue weighted by molar-refractivity contribution is -0.138. The third-order valence-electron chi connectivity index (χ3n) is 5.29. The highest BCUT2D eigenvalue weighted by Gasteiger charge is 2.22. The van der Waals surface area contributed by atoms with Crippen molar-refractivity contribution in [2.24, 2.45) is 0 Å². The summed E-state index contributed by atoms with van der Waals surface area (Å²) in [5.41, 5.74) is 1.20. The summed E-state index contributed by atoms with van der Waals surface area (Å²) in [6, 6.07) is 7.09. The maximum Gasteiger partial charge on any atom is 0.240 e. The van der Waals surface area contributed by atoms with Crippen LogP contribution in [0.1, 0.15) is 50.0 Å². The summed E-state index contributed by atoms with van der Waals surface area (Å²) in [6.45, 7) is 0.946. The van der Waals surface area contributed by atoms with Crippen LogP contribution in [0.4, 0.5) is 0 Å². The number of hydrogen-bond donors (Lipinski definition) is 2. The molecule has 1 saturated carbocycles. The Kier molecular flexibility index (Phi) is 6.49. The van der Waals surface area contributed by atoms with Crippen LogP contribution in [0.2, 0.25) is 0 Å². The first kappa shape index (κ1) is 19.8. The van der Waals surface area contributed by atoms with E-state index in [1.807, 2.05) is 12.1 Å². The minimum absolute atomic E-state index is 0.0175. The van der Waals surface area contributed by atoms with E-state index in [2.05, 4.69) is 10.0 Å². The number of carbonyl (C=O) groups is 2. The van der Waals surface area contributed by atoms with Gasteiger partial charge in [-0.25, -0.2) is 13.1 Å². The largest absolute Gasteiger partial charge is 0.353 e. The highest BCUT2D eigenvalue weighted by Crippen LogP contribution is 2.32. The third-order valence-corrected chi connectivity index (χ3v) is 6.77. The van der Waals surface area contributed by atoms with E-state index in [1.54, 1.807) is 12.1 Å². The van der Waals surface area contributed by atoms with Gasteiger partial charge in [0.25, 0.3) is 0 Å². The Labute approximate surface area is 160 Å². The van der Waals surface area contributed by atoms with Crippen molar-refractivity contribution in [1.29, 1.82) is 0 Å². The molecule has 0 atom stereocenters. The molecule has 2 amide bonds. The van der Waals surface area contributed by atoms with Crippen LogP contribution in [0.5, 0.6) is 0 Å². The lowest BCUT2D eigenvalue weighted by Gasteiger charge is -2.26. The summed E-state index contributed by atoms with van der Waals surface area (Å²) in [5.74, 6) is 0.122. The summed E-state index contributed by atoms with van der Waals surface area (Å²) < 4.78 is 27.3. The van der Waals surface area contributed by atoms with Gasteiger partial charge in [-0.3, -0.25) is 9.59 Å². The maximum absolute atomic E-state index is 12.4. The molecule has 0 spiro atoms. The number of sulfonamides is 1. The van der Waals surface area contributed by atoms with Gasteiger partial charge in [0.05, 0.1) is 11.4 Å². The molecular formula is C19H27N3O4S. The molecule has 7 nitrogen and oxygen atoms in total. The molecule has 148 valence electrons. The van der Waals surface area contributed by atoms with E-state index in [0.717, 1.165) is 0 Å². The Bertz CT molecular complexity index is 771. The first-order valence-corrected chi connectivity index (χ1v) is 11.1. The molecule has 1 aromatic carbocycles. The maximum atomic E-state index is 12.4. The van der Waals surface area contributed by atoms with Crippen molar-refractivity contribution >= 4 is 21.8 Å². The second kappa shape index (κ2) is 8.84. The van der Waals surface area contributed by atoms with Gasteiger partial charge in [-0.15, -0.1) is 0 Å². The zero-order chi connectivity index (χ0) is 19.3. The summed E-state index contributed by atoms with van der Waals surface area (Å²) in [7, 11) is -3.64. The molecule has 1 aliphatic heterocycles. The van der Waals surface area contributed by atoms with Crippen LogP contribution in [0.15, 0.2) is 29.2 Å². The van der Waals surface area contributed by atoms with Crippen molar-refractivity contribution in [2.45, 2.75) is 49.3 Å². The molecule has 1 aromatic rings. The SMILES string of the molecule is O=C1CN(C(=O)CCNS(=O)(=O)c2ccc(C3CCCCC3)cc2)CCN1. The molecule has 3 rings (SSSR count). The fourth-order valence-corrected chi connectivity index (χ4v) is 4.77. The average Bonchev–Trinajstić information content (AvgIpc) is 2.68. The van der Waals surface area contributed by atoms with Gasteiger partial charge < -0.3 is 10.2 Å². The van der Waals surface area contributed by atoms with Crippen LogP contribution in [-0.4, -0.2) is 51.3 Å². The van der Waals surface area contributed by atoms with Gasteiger partial charge >= 0.3 is 0 Å². The normalized spacial score (nSPS) is 19.0. The highest BCUT2D eigenvalue weighted by molar-refractivity contribution is 7.89. The zero-order valence-corrected chi connectivity index (χ0v) is 16.3. The van der Waals surface area contributed by atoms with Crippen molar-refractivity contribution in [2.75, 3.05) is 26.2 Å². The Morgan fingerprint density at radius 1 is 1.15 bits per heavy atom. The van der Waals surface area contributed by atoms with Crippen molar-refractivity contribution < 1.29 is 18.0 Å². The number of nitrogens with zero attached hydrogens (tertiary/aromatic N) is 1. The molecule has 8 heteroatoms. The number of nitrogens with one attached hydrogen (secondary N) is 2. The van der Waals surface area contributed by atoms with E-state index >= 15 is 0 Å². The van der Waals surface area contributed by atoms with Crippen LogP contribution >= 0.6 is 0 Å². The molecule has 1 saturated heterocycles. The van der Waals surface area contributed by atoms with Crippen molar-refractivity contribution in [3.63, 3.8) is 0 Å². The van der Waals surface area contributed by atoms with Crippen molar-refractivity contribution in [1.82, 2.24) is 14.9 Å². The Morgan fingerprint density at radius 2 is 1.85 bits per heavy atom. The van der Waals surface area contributed by atoms with E-state index in [-0.39, 0.29) is 36.2 Å². The fraction of sp³-hybridized carbons (Fsp3) is 0.579. The summed E-state index contributed by atoms with van der Waals surface area (Å²) in [4.78, 5) is 25.1. The molecule has 0 bridgehead atoms. The van der Waals surface area contributed by atoms with Crippen LogP contribution in [0.25, 0.3) is 0 Å². The first-order chi connectivity index (χ1) is 13.0. The third kappa shape index (κ3) is 5.29. The summed E-state index contributed by atoms with van der Waals surface area (Å²) in [5, 5.41) is 2.65. The quantitative estimate of drug-likeness (QED) is 0.763. The van der Waals surface area contributed by atoms with Crippen LogP contribution in [0.3, 0.4) is 0 Å². The van der Waals surface area contributed by atoms with Crippen molar-refractivity contribution in [3.8, 4) is 0 Å². The second-order valence-corrected chi connectivity index (χ2v) is 8.98. The Morgan fingerprint density at radius 3 is 2.52 bits per heavy atom. The standard InChI is InChI=1S/C19H27N3O4S/c23-18-14-22(13-12-20-18)19(24)10-11-21-27(25,26)17-8-6-16(7-9-17)15-4-2-1-3-5-15/h6-9,15,21H,1-5,10-14H2,(H,20,23). The number of hydrogen-bond acceptors (Lipinski definition) is 4. The van der Waals surface area contributed by atoms with Crippen LogP contribution in [0, 0.1) is 0 Å². The van der Waals surface area contributed by atoms with E-state index in [1.165, 1.54) is 42.6 Å². The van der Waals surface area contributed by atoms with Crippen molar-refractivity contribution in [3.05, 3.63) is 29.8 Å². The van der Waals surface area contributed by atoms with Gasteiger partial charge in [0.1, 0.15) is 0 Å². The number of rotatable bonds is 6. The van der Waals surface area contributed by atoms with Gasteiger partial charge in [-0.2, -0.15) is 0 Å². The molecule has 1 aliphatic carbocycles. The molecule has 0 unspecified atom stereocenters. The number of benzene rings is 1. The lowest BCUT2D eigenvalue weighted by Crippen LogP contribution is -2.50. The Hall–Kier alpha value is -1.93. The minimum Gasteiger partial charge on any atom is -0.353 e. The molecule has 0 radical (unpaired) electrons. The van der Waals surface area contributed by atoms with Gasteiger partial charge in [0.15, 0.2) is 0 Å². The molecule has 2 N–H and O–H groups in total. The van der Waals surface area contributed by atoms with E-state index < -0.39 is 10.0 Å². The molecule has 0 aromatic heterocycles. The number of carbonyl (C=O) groups excluding carboxylic acids is 2.